The molecule has 0 N–H and O–H groups in total. The maximum atomic E-state index is 14.5. The zero-order chi connectivity index (χ0) is 32.0. The molecule has 0 aliphatic carbocycles. The topological polar surface area (TPSA) is 68.8 Å². The maximum absolute atomic E-state index is 14.5. The minimum atomic E-state index is -0.711. The molecule has 1 amide bonds. The van der Waals surface area contributed by atoms with Gasteiger partial charge in [0.1, 0.15) is 11.8 Å². The number of aryl methyl sites for hydroxylation is 2. The summed E-state index contributed by atoms with van der Waals surface area (Å²) in [5.74, 6) is 0.492. The molecule has 3 aromatic carbocycles. The van der Waals surface area contributed by atoms with Gasteiger partial charge in [0.05, 0.1) is 22.9 Å². The molecule has 0 saturated carbocycles. The van der Waals surface area contributed by atoms with E-state index in [2.05, 4.69) is 55.7 Å². The van der Waals surface area contributed by atoms with Crippen molar-refractivity contribution in [3.63, 3.8) is 0 Å². The summed E-state index contributed by atoms with van der Waals surface area (Å²) >= 11 is 1.35. The lowest BCUT2D eigenvalue weighted by Gasteiger charge is -2.30. The molecule has 0 radical (unpaired) electrons. The van der Waals surface area contributed by atoms with Gasteiger partial charge in [0, 0.05) is 35.7 Å². The normalized spacial score (nSPS) is 14.9. The summed E-state index contributed by atoms with van der Waals surface area (Å²) < 4.78 is 10.4. The highest BCUT2D eigenvalue weighted by Gasteiger charge is 2.36. The van der Waals surface area contributed by atoms with Crippen LogP contribution in [0.4, 0.5) is 0 Å². The molecule has 0 spiro atoms. The average Bonchev–Trinajstić information content (AvgIpc) is 3.49. The number of fused-ring (bicyclic) bond motifs is 2. The number of hydrogen-bond donors (Lipinski definition) is 0. The molecule has 1 atom stereocenters. The lowest BCUT2D eigenvalue weighted by molar-refractivity contribution is -0.127. The van der Waals surface area contributed by atoms with E-state index < -0.39 is 6.04 Å². The van der Waals surface area contributed by atoms with E-state index in [0.717, 1.165) is 39.0 Å². The number of ether oxygens (including phenoxy) is 1. The number of benzene rings is 3. The summed E-state index contributed by atoms with van der Waals surface area (Å²) in [7, 11) is 1.63. The van der Waals surface area contributed by atoms with Crippen LogP contribution >= 0.6 is 11.3 Å². The smallest absolute Gasteiger partial charge is 0.271 e. The van der Waals surface area contributed by atoms with Gasteiger partial charge in [0.15, 0.2) is 4.80 Å². The molecule has 0 unspecified atom stereocenters. The first-order chi connectivity index (χ1) is 21.7. The van der Waals surface area contributed by atoms with Crippen LogP contribution in [-0.4, -0.2) is 40.1 Å². The molecular formula is C37H38N4O3S. The van der Waals surface area contributed by atoms with Gasteiger partial charge in [-0.15, -0.1) is 0 Å². The number of nitrogens with zero attached hydrogens (tertiary/aromatic N) is 4. The molecule has 1 aliphatic rings. The Morgan fingerprint density at radius 3 is 2.47 bits per heavy atom. The highest BCUT2D eigenvalue weighted by molar-refractivity contribution is 7.07. The van der Waals surface area contributed by atoms with E-state index in [9.17, 15) is 9.59 Å². The number of methoxy groups -OCH3 is 1. The van der Waals surface area contributed by atoms with E-state index in [-0.39, 0.29) is 11.5 Å². The van der Waals surface area contributed by atoms with Crippen molar-refractivity contribution < 1.29 is 9.53 Å². The highest BCUT2D eigenvalue weighted by atomic mass is 32.1. The van der Waals surface area contributed by atoms with Gasteiger partial charge in [-0.3, -0.25) is 14.2 Å². The molecule has 0 fully saturated rings. The molecule has 5 aromatic rings. The van der Waals surface area contributed by atoms with Gasteiger partial charge in [0.2, 0.25) is 0 Å². The first kappa shape index (κ1) is 30.3. The van der Waals surface area contributed by atoms with Crippen LogP contribution in [0.5, 0.6) is 5.75 Å². The van der Waals surface area contributed by atoms with E-state index in [1.54, 1.807) is 16.6 Å². The van der Waals surface area contributed by atoms with Gasteiger partial charge >= 0.3 is 0 Å². The lowest BCUT2D eigenvalue weighted by Crippen LogP contribution is -2.43. The molecule has 230 valence electrons. The third-order valence-corrected chi connectivity index (χ3v) is 9.73. The molecule has 7 nitrogen and oxygen atoms in total. The van der Waals surface area contributed by atoms with Crippen LogP contribution in [0.3, 0.4) is 0 Å². The van der Waals surface area contributed by atoms with E-state index in [0.29, 0.717) is 39.4 Å². The number of hydrogen-bond acceptors (Lipinski definition) is 5. The summed E-state index contributed by atoms with van der Waals surface area (Å²) in [5.41, 5.74) is 7.06. The molecule has 2 aromatic heterocycles. The van der Waals surface area contributed by atoms with E-state index in [1.807, 2.05) is 63.2 Å². The van der Waals surface area contributed by atoms with Gasteiger partial charge in [-0.1, -0.05) is 53.8 Å². The minimum Gasteiger partial charge on any atom is -0.496 e. The molecular weight excluding hydrogens is 580 g/mol. The van der Waals surface area contributed by atoms with Crippen molar-refractivity contribution in [3.05, 3.63) is 126 Å². The number of likely N-dealkylation sites (N-methyl/N-ethyl adjacent to an activating group) is 1. The Morgan fingerprint density at radius 1 is 1.00 bits per heavy atom. The number of thiazole rings is 1. The Bertz CT molecular complexity index is 2180. The van der Waals surface area contributed by atoms with Gasteiger partial charge in [-0.05, 0) is 93.8 Å². The molecule has 8 heteroatoms. The zero-order valence-electron chi connectivity index (χ0n) is 26.8. The Balaban J connectivity index is 1.62. The SMILES string of the molecule is CCN(CC)C(=O)C1=C(C)N=c2s/c(=C\c3cc(C)n(-c4cccc(C)c4)c3C)c(=O)n2[C@H]1c1c(OC)ccc2ccccc12. The monoisotopic (exact) mass is 618 g/mol. The van der Waals surface area contributed by atoms with Crippen molar-refractivity contribution in [2.75, 3.05) is 20.2 Å². The predicted molar refractivity (Wildman–Crippen MR) is 182 cm³/mol. The van der Waals surface area contributed by atoms with Crippen molar-refractivity contribution in [1.82, 2.24) is 14.0 Å². The predicted octanol–water partition coefficient (Wildman–Crippen LogP) is 5.98. The molecule has 45 heavy (non-hydrogen) atoms. The second-order valence-electron chi connectivity index (χ2n) is 11.5. The summed E-state index contributed by atoms with van der Waals surface area (Å²) in [6.07, 6.45) is 1.96. The second kappa shape index (κ2) is 12.0. The molecule has 1 aliphatic heterocycles. The summed E-state index contributed by atoms with van der Waals surface area (Å²) in [4.78, 5) is 36.0. The Hall–Kier alpha value is -4.69. The Labute approximate surface area is 267 Å². The van der Waals surface area contributed by atoms with Crippen LogP contribution < -0.4 is 19.6 Å². The minimum absolute atomic E-state index is 0.128. The third-order valence-electron chi connectivity index (χ3n) is 8.74. The average molecular weight is 619 g/mol. The first-order valence-electron chi connectivity index (χ1n) is 15.3. The van der Waals surface area contributed by atoms with Crippen LogP contribution in [0.2, 0.25) is 0 Å². The number of allylic oxidation sites excluding steroid dienone is 1. The van der Waals surface area contributed by atoms with Crippen molar-refractivity contribution in [2.45, 2.75) is 47.6 Å². The van der Waals surface area contributed by atoms with Crippen molar-refractivity contribution in [1.29, 1.82) is 0 Å². The van der Waals surface area contributed by atoms with Crippen LogP contribution in [0.25, 0.3) is 22.5 Å². The van der Waals surface area contributed by atoms with E-state index in [4.69, 9.17) is 9.73 Å². The molecule has 0 saturated heterocycles. The largest absolute Gasteiger partial charge is 0.496 e. The number of carbonyl (C=O) groups is 1. The fourth-order valence-corrected chi connectivity index (χ4v) is 7.56. The number of amides is 1. The summed E-state index contributed by atoms with van der Waals surface area (Å²) in [6, 6.07) is 21.7. The molecule has 6 rings (SSSR count). The Morgan fingerprint density at radius 2 is 1.76 bits per heavy atom. The van der Waals surface area contributed by atoms with Crippen LogP contribution in [0, 0.1) is 20.8 Å². The standard InChI is InChI=1S/C37H38N4O3S/c1-8-39(9-2)36(43)32-24(5)38-37-41(34(32)33-29-16-11-10-14-26(29)17-18-30(33)44-7)35(42)31(45-37)21-27-20-23(4)40(25(27)6)28-15-12-13-22(3)19-28/h10-21,34H,8-9H2,1-7H3/b31-21-/t34-/m1/s1. The van der Waals surface area contributed by atoms with E-state index >= 15 is 0 Å². The number of rotatable bonds is 7. The van der Waals surface area contributed by atoms with Crippen molar-refractivity contribution in [3.8, 4) is 11.4 Å². The van der Waals surface area contributed by atoms with Crippen LogP contribution in [0.15, 0.2) is 87.8 Å². The Kier molecular flexibility index (Phi) is 8.10. The van der Waals surface area contributed by atoms with Crippen LogP contribution in [0.1, 0.15) is 54.9 Å². The van der Waals surface area contributed by atoms with E-state index in [1.165, 1.54) is 16.9 Å². The molecule has 3 heterocycles. The second-order valence-corrected chi connectivity index (χ2v) is 12.5. The quantitative estimate of drug-likeness (QED) is 0.225. The fraction of sp³-hybridized carbons (Fsp3) is 0.270. The van der Waals surface area contributed by atoms with Gasteiger partial charge in [-0.2, -0.15) is 0 Å². The van der Waals surface area contributed by atoms with Crippen molar-refractivity contribution in [2.24, 2.45) is 4.99 Å². The lowest BCUT2D eigenvalue weighted by atomic mass is 9.90. The van der Waals surface area contributed by atoms with Gasteiger partial charge < -0.3 is 14.2 Å². The zero-order valence-corrected chi connectivity index (χ0v) is 27.7. The van der Waals surface area contributed by atoms with Gasteiger partial charge in [-0.25, -0.2) is 4.99 Å². The van der Waals surface area contributed by atoms with Gasteiger partial charge in [0.25, 0.3) is 11.5 Å². The third kappa shape index (κ3) is 5.13. The van der Waals surface area contributed by atoms with Crippen molar-refractivity contribution >= 4 is 34.1 Å². The van der Waals surface area contributed by atoms with Crippen LogP contribution in [-0.2, 0) is 4.79 Å². The fourth-order valence-electron chi connectivity index (χ4n) is 6.52. The number of aromatic nitrogens is 2. The molecule has 0 bridgehead atoms. The summed E-state index contributed by atoms with van der Waals surface area (Å²) in [6.45, 7) is 13.1. The highest BCUT2D eigenvalue weighted by Crippen LogP contribution is 2.40. The number of carbonyl (C=O) groups excluding carboxylic acids is 1. The summed E-state index contributed by atoms with van der Waals surface area (Å²) in [5, 5.41) is 1.93. The maximum Gasteiger partial charge on any atom is 0.271 e. The first-order valence-corrected chi connectivity index (χ1v) is 16.1.